The molecule has 0 radical (unpaired) electrons. The summed E-state index contributed by atoms with van der Waals surface area (Å²) in [5, 5.41) is 2.66. The second-order valence-electron chi connectivity index (χ2n) is 6.83. The van der Waals surface area contributed by atoms with Gasteiger partial charge in [0, 0.05) is 25.8 Å². The number of fused-ring (bicyclic) bond motifs is 1. The second-order valence-corrected chi connectivity index (χ2v) is 6.83. The molecule has 3 nitrogen and oxygen atoms in total. The van der Waals surface area contributed by atoms with E-state index < -0.39 is 0 Å². The van der Waals surface area contributed by atoms with Crippen molar-refractivity contribution in [2.45, 2.75) is 19.5 Å². The molecule has 0 bridgehead atoms. The van der Waals surface area contributed by atoms with E-state index in [1.807, 2.05) is 12.3 Å². The van der Waals surface area contributed by atoms with Crippen LogP contribution in [0, 0.1) is 0 Å². The summed E-state index contributed by atoms with van der Waals surface area (Å²) in [6.07, 6.45) is 3.04. The number of nitrogens with zero attached hydrogens (tertiary/aromatic N) is 3. The molecule has 25 heavy (non-hydrogen) atoms. The van der Waals surface area contributed by atoms with Crippen LogP contribution in [0.1, 0.15) is 17.7 Å². The van der Waals surface area contributed by atoms with Gasteiger partial charge in [-0.2, -0.15) is 0 Å². The van der Waals surface area contributed by atoms with Gasteiger partial charge in [-0.1, -0.05) is 48.5 Å². The van der Waals surface area contributed by atoms with Gasteiger partial charge in [0.15, 0.2) is 0 Å². The first-order valence-corrected chi connectivity index (χ1v) is 8.96. The Hall–Kier alpha value is -2.23. The molecule has 0 aliphatic carbocycles. The molecule has 0 saturated heterocycles. The van der Waals surface area contributed by atoms with Gasteiger partial charge in [0.1, 0.15) is 0 Å². The Kier molecular flexibility index (Phi) is 6.15. The molecule has 0 aliphatic heterocycles. The largest absolute Gasteiger partial charge is 0.309 e. The summed E-state index contributed by atoms with van der Waals surface area (Å²) in [5.41, 5.74) is 2.52. The van der Waals surface area contributed by atoms with Crippen LogP contribution in [0.2, 0.25) is 0 Å². The van der Waals surface area contributed by atoms with Crippen LogP contribution in [-0.4, -0.2) is 42.0 Å². The van der Waals surface area contributed by atoms with Gasteiger partial charge in [-0.15, -0.1) is 0 Å². The molecule has 130 valence electrons. The molecule has 2 aromatic carbocycles. The van der Waals surface area contributed by atoms with Gasteiger partial charge in [0.25, 0.3) is 0 Å². The van der Waals surface area contributed by atoms with Crippen LogP contribution >= 0.6 is 0 Å². The van der Waals surface area contributed by atoms with Crippen molar-refractivity contribution in [1.82, 2.24) is 14.8 Å². The van der Waals surface area contributed by atoms with Crippen molar-refractivity contribution in [2.24, 2.45) is 0 Å². The predicted octanol–water partition coefficient (Wildman–Crippen LogP) is 4.19. The van der Waals surface area contributed by atoms with E-state index in [-0.39, 0.29) is 0 Å². The van der Waals surface area contributed by atoms with Crippen LogP contribution in [0.25, 0.3) is 10.8 Å². The van der Waals surface area contributed by atoms with Crippen molar-refractivity contribution >= 4 is 10.8 Å². The highest BCUT2D eigenvalue weighted by Gasteiger charge is 2.10. The standard InChI is InChI=1S/C22H27N3/c1-24(2)15-8-16-25(18-21-12-5-6-14-23-21)17-20-11-7-10-19-9-3-4-13-22(19)20/h3-7,9-14H,8,15-18H2,1-2H3. The number of benzene rings is 2. The number of hydrogen-bond donors (Lipinski definition) is 0. The molecule has 3 rings (SSSR count). The van der Waals surface area contributed by atoms with Crippen molar-refractivity contribution < 1.29 is 0 Å². The Bertz CT molecular complexity index is 778. The van der Waals surface area contributed by atoms with E-state index in [4.69, 9.17) is 0 Å². The molecule has 0 fully saturated rings. The predicted molar refractivity (Wildman–Crippen MR) is 105 cm³/mol. The first-order valence-electron chi connectivity index (χ1n) is 8.96. The minimum Gasteiger partial charge on any atom is -0.309 e. The summed E-state index contributed by atoms with van der Waals surface area (Å²) in [4.78, 5) is 9.27. The molecule has 1 heterocycles. The fourth-order valence-electron chi connectivity index (χ4n) is 3.22. The first-order chi connectivity index (χ1) is 12.2. The minimum absolute atomic E-state index is 0.886. The monoisotopic (exact) mass is 333 g/mol. The van der Waals surface area contributed by atoms with E-state index in [0.717, 1.165) is 38.3 Å². The normalized spacial score (nSPS) is 11.5. The lowest BCUT2D eigenvalue weighted by molar-refractivity contribution is 0.238. The highest BCUT2D eigenvalue weighted by Crippen LogP contribution is 2.20. The van der Waals surface area contributed by atoms with Gasteiger partial charge in [0.2, 0.25) is 0 Å². The Morgan fingerprint density at radius 1 is 0.800 bits per heavy atom. The van der Waals surface area contributed by atoms with Crippen LogP contribution in [0.5, 0.6) is 0 Å². The van der Waals surface area contributed by atoms with E-state index >= 15 is 0 Å². The lowest BCUT2D eigenvalue weighted by Crippen LogP contribution is -2.27. The van der Waals surface area contributed by atoms with Crippen molar-refractivity contribution in [1.29, 1.82) is 0 Å². The quantitative estimate of drug-likeness (QED) is 0.616. The van der Waals surface area contributed by atoms with E-state index in [9.17, 15) is 0 Å². The molecule has 0 aliphatic rings. The van der Waals surface area contributed by atoms with E-state index in [1.165, 1.54) is 16.3 Å². The van der Waals surface area contributed by atoms with Crippen molar-refractivity contribution in [3.8, 4) is 0 Å². The van der Waals surface area contributed by atoms with Crippen LogP contribution in [0.4, 0.5) is 0 Å². The fourth-order valence-corrected chi connectivity index (χ4v) is 3.22. The van der Waals surface area contributed by atoms with Crippen LogP contribution in [-0.2, 0) is 13.1 Å². The van der Waals surface area contributed by atoms with E-state index in [1.54, 1.807) is 0 Å². The van der Waals surface area contributed by atoms with Gasteiger partial charge in [0.05, 0.1) is 5.69 Å². The van der Waals surface area contributed by atoms with Crippen molar-refractivity contribution in [3.05, 3.63) is 78.1 Å². The molecule has 0 unspecified atom stereocenters. The summed E-state index contributed by atoms with van der Waals surface area (Å²) in [7, 11) is 4.27. The molecule has 0 spiro atoms. The topological polar surface area (TPSA) is 19.4 Å². The Morgan fingerprint density at radius 3 is 2.40 bits per heavy atom. The molecular formula is C22H27N3. The van der Waals surface area contributed by atoms with E-state index in [2.05, 4.69) is 83.5 Å². The maximum Gasteiger partial charge on any atom is 0.0544 e. The zero-order valence-electron chi connectivity index (χ0n) is 15.2. The molecule has 3 heteroatoms. The smallest absolute Gasteiger partial charge is 0.0544 e. The zero-order chi connectivity index (χ0) is 17.5. The van der Waals surface area contributed by atoms with Gasteiger partial charge >= 0.3 is 0 Å². The summed E-state index contributed by atoms with van der Waals surface area (Å²) in [6, 6.07) is 21.4. The first kappa shape index (κ1) is 17.6. The number of hydrogen-bond acceptors (Lipinski definition) is 3. The summed E-state index contributed by atoms with van der Waals surface area (Å²) < 4.78 is 0. The molecule has 0 N–H and O–H groups in total. The van der Waals surface area contributed by atoms with Gasteiger partial charge < -0.3 is 4.90 Å². The summed E-state index contributed by atoms with van der Waals surface area (Å²) in [6.45, 7) is 4.01. The van der Waals surface area contributed by atoms with Gasteiger partial charge in [-0.05, 0) is 55.5 Å². The number of rotatable bonds is 8. The van der Waals surface area contributed by atoms with Crippen LogP contribution in [0.3, 0.4) is 0 Å². The lowest BCUT2D eigenvalue weighted by atomic mass is 10.0. The van der Waals surface area contributed by atoms with Crippen LogP contribution in [0.15, 0.2) is 66.9 Å². The second kappa shape index (κ2) is 8.75. The molecule has 0 amide bonds. The average molecular weight is 333 g/mol. The third kappa shape index (κ3) is 5.12. The zero-order valence-corrected chi connectivity index (χ0v) is 15.2. The molecule has 1 aromatic heterocycles. The average Bonchev–Trinajstić information content (AvgIpc) is 2.62. The van der Waals surface area contributed by atoms with Crippen molar-refractivity contribution in [3.63, 3.8) is 0 Å². The Labute approximate surface area is 150 Å². The molecule has 0 atom stereocenters. The van der Waals surface area contributed by atoms with E-state index in [0.29, 0.717) is 0 Å². The maximum absolute atomic E-state index is 4.51. The molecular weight excluding hydrogens is 306 g/mol. The minimum atomic E-state index is 0.886. The third-order valence-electron chi connectivity index (χ3n) is 4.47. The highest BCUT2D eigenvalue weighted by molar-refractivity contribution is 5.85. The summed E-state index contributed by atoms with van der Waals surface area (Å²) >= 11 is 0. The Balaban J connectivity index is 1.78. The van der Waals surface area contributed by atoms with Crippen LogP contribution < -0.4 is 0 Å². The maximum atomic E-state index is 4.51. The lowest BCUT2D eigenvalue weighted by Gasteiger charge is -2.23. The summed E-state index contributed by atoms with van der Waals surface area (Å²) in [5.74, 6) is 0. The molecule has 3 aromatic rings. The van der Waals surface area contributed by atoms with Gasteiger partial charge in [-0.3, -0.25) is 9.88 Å². The van der Waals surface area contributed by atoms with Gasteiger partial charge in [-0.25, -0.2) is 0 Å². The number of aromatic nitrogens is 1. The van der Waals surface area contributed by atoms with Crippen molar-refractivity contribution in [2.75, 3.05) is 27.2 Å². The number of pyridine rings is 1. The fraction of sp³-hybridized carbons (Fsp3) is 0.318. The Morgan fingerprint density at radius 2 is 1.60 bits per heavy atom. The highest BCUT2D eigenvalue weighted by atomic mass is 15.1. The third-order valence-corrected chi connectivity index (χ3v) is 4.47. The molecule has 0 saturated carbocycles. The SMILES string of the molecule is CN(C)CCCN(Cc1ccccn1)Cc1cccc2ccccc12.